The van der Waals surface area contributed by atoms with E-state index >= 15 is 0 Å². The Kier molecular flexibility index (Phi) is 4.96. The third-order valence-corrected chi connectivity index (χ3v) is 3.34. The molecule has 6 heteroatoms. The highest BCUT2D eigenvalue weighted by atomic mass is 35.5. The van der Waals surface area contributed by atoms with Crippen molar-refractivity contribution in [1.29, 1.82) is 5.26 Å². The lowest BCUT2D eigenvalue weighted by molar-refractivity contribution is 0.565. The van der Waals surface area contributed by atoms with Crippen molar-refractivity contribution in [2.24, 2.45) is 0 Å². The zero-order valence-corrected chi connectivity index (χ0v) is 12.1. The Morgan fingerprint density at radius 1 is 1.19 bits per heavy atom. The molecule has 0 N–H and O–H groups in total. The summed E-state index contributed by atoms with van der Waals surface area (Å²) in [6, 6.07) is 11.2. The van der Waals surface area contributed by atoms with Crippen molar-refractivity contribution in [2.75, 3.05) is 5.88 Å². The zero-order chi connectivity index (χ0) is 15.2. The minimum atomic E-state index is -0.558. The van der Waals surface area contributed by atoms with Crippen LogP contribution in [0.2, 0.25) is 0 Å². The number of alkyl halides is 1. The van der Waals surface area contributed by atoms with Crippen molar-refractivity contribution in [3.63, 3.8) is 0 Å². The van der Waals surface area contributed by atoms with Crippen LogP contribution in [0.15, 0.2) is 46.1 Å². The fraction of sp³-hybridized carbons (Fsp3) is 0.267. The molecule has 0 amide bonds. The van der Waals surface area contributed by atoms with Crippen LogP contribution in [0.1, 0.15) is 17.5 Å². The van der Waals surface area contributed by atoms with E-state index in [1.807, 2.05) is 36.4 Å². The summed E-state index contributed by atoms with van der Waals surface area (Å²) in [4.78, 5) is 24.4. The number of hydrogen-bond acceptors (Lipinski definition) is 3. The summed E-state index contributed by atoms with van der Waals surface area (Å²) in [5.41, 5.74) is -0.101. The van der Waals surface area contributed by atoms with Gasteiger partial charge in [-0.3, -0.25) is 13.9 Å². The lowest BCUT2D eigenvalue weighted by atomic mass is 10.2. The summed E-state index contributed by atoms with van der Waals surface area (Å²) in [6.45, 7) is 0.529. The van der Waals surface area contributed by atoms with Crippen molar-refractivity contribution in [1.82, 2.24) is 9.13 Å². The van der Waals surface area contributed by atoms with Gasteiger partial charge in [0, 0.05) is 18.6 Å². The molecule has 0 unspecified atom stereocenters. The van der Waals surface area contributed by atoms with Gasteiger partial charge in [-0.1, -0.05) is 30.3 Å². The largest absolute Gasteiger partial charge is 0.331 e. The molecule has 21 heavy (non-hydrogen) atoms. The zero-order valence-electron chi connectivity index (χ0n) is 11.3. The normalized spacial score (nSPS) is 10.3. The minimum absolute atomic E-state index is 0.0416. The summed E-state index contributed by atoms with van der Waals surface area (Å²) in [5.74, 6) is 0.349. The predicted octanol–water partition coefficient (Wildman–Crippen LogP) is 1.56. The van der Waals surface area contributed by atoms with E-state index in [0.29, 0.717) is 18.8 Å². The fourth-order valence-corrected chi connectivity index (χ4v) is 2.16. The van der Waals surface area contributed by atoms with E-state index in [1.165, 1.54) is 10.8 Å². The first kappa shape index (κ1) is 15.1. The maximum atomic E-state index is 12.3. The summed E-state index contributed by atoms with van der Waals surface area (Å²) >= 11 is 5.61. The molecule has 2 aromatic rings. The van der Waals surface area contributed by atoms with Crippen LogP contribution in [-0.2, 0) is 13.1 Å². The van der Waals surface area contributed by atoms with Crippen LogP contribution in [-0.4, -0.2) is 15.0 Å². The van der Waals surface area contributed by atoms with E-state index in [4.69, 9.17) is 16.9 Å². The Morgan fingerprint density at radius 2 is 1.90 bits per heavy atom. The van der Waals surface area contributed by atoms with E-state index in [0.717, 1.165) is 10.1 Å². The van der Waals surface area contributed by atoms with Crippen molar-refractivity contribution in [3.05, 3.63) is 68.5 Å². The molecule has 0 saturated carbocycles. The van der Waals surface area contributed by atoms with Crippen molar-refractivity contribution >= 4 is 11.6 Å². The summed E-state index contributed by atoms with van der Waals surface area (Å²) in [5, 5.41) is 9.04. The average Bonchev–Trinajstić information content (AvgIpc) is 2.51. The molecule has 0 aliphatic carbocycles. The molecule has 2 rings (SSSR count). The lowest BCUT2D eigenvalue weighted by Gasteiger charge is -2.10. The Labute approximate surface area is 126 Å². The molecule has 1 aromatic carbocycles. The minimum Gasteiger partial charge on any atom is -0.295 e. The summed E-state index contributed by atoms with van der Waals surface area (Å²) in [7, 11) is 0. The lowest BCUT2D eigenvalue weighted by Crippen LogP contribution is -2.41. The number of nitrogens with zero attached hydrogens (tertiary/aromatic N) is 3. The summed E-state index contributed by atoms with van der Waals surface area (Å²) in [6.07, 6.45) is 1.81. The highest BCUT2D eigenvalue weighted by Crippen LogP contribution is 2.01. The number of nitriles is 1. The molecule has 0 fully saturated rings. The molecule has 108 valence electrons. The second kappa shape index (κ2) is 6.91. The molecule has 0 spiro atoms. The fourth-order valence-electron chi connectivity index (χ4n) is 2.04. The first-order chi connectivity index (χ1) is 10.2. The van der Waals surface area contributed by atoms with Gasteiger partial charge in [0.25, 0.3) is 5.56 Å². The van der Waals surface area contributed by atoms with Gasteiger partial charge in [0.05, 0.1) is 6.54 Å². The molecule has 0 aliphatic rings. The number of aromatic nitrogens is 2. The molecule has 0 saturated heterocycles. The number of hydrogen-bond donors (Lipinski definition) is 0. The number of benzene rings is 1. The van der Waals surface area contributed by atoms with E-state index in [-0.39, 0.29) is 12.1 Å². The van der Waals surface area contributed by atoms with Gasteiger partial charge in [0.2, 0.25) is 0 Å². The van der Waals surface area contributed by atoms with Crippen molar-refractivity contribution in [2.45, 2.75) is 19.5 Å². The van der Waals surface area contributed by atoms with Crippen LogP contribution in [0.5, 0.6) is 0 Å². The smallest absolute Gasteiger partial charge is 0.295 e. The second-order valence-electron chi connectivity index (χ2n) is 4.55. The van der Waals surface area contributed by atoms with Crippen LogP contribution in [0.25, 0.3) is 0 Å². The number of rotatable bonds is 5. The van der Waals surface area contributed by atoms with Gasteiger partial charge < -0.3 is 0 Å². The topological polar surface area (TPSA) is 67.8 Å². The molecule has 0 radical (unpaired) electrons. The van der Waals surface area contributed by atoms with Crippen molar-refractivity contribution in [3.8, 4) is 6.07 Å². The van der Waals surface area contributed by atoms with Crippen molar-refractivity contribution < 1.29 is 0 Å². The Bertz CT molecular complexity index is 772. The molecule has 5 nitrogen and oxygen atoms in total. The second-order valence-corrected chi connectivity index (χ2v) is 4.93. The third-order valence-electron chi connectivity index (χ3n) is 3.07. The molecule has 1 heterocycles. The summed E-state index contributed by atoms with van der Waals surface area (Å²) < 4.78 is 2.45. The average molecular weight is 304 g/mol. The van der Waals surface area contributed by atoms with Crippen LogP contribution >= 0.6 is 11.6 Å². The van der Waals surface area contributed by atoms with E-state index in [2.05, 4.69) is 0 Å². The van der Waals surface area contributed by atoms with Crippen LogP contribution in [0.3, 0.4) is 0 Å². The van der Waals surface area contributed by atoms with E-state index < -0.39 is 11.2 Å². The third kappa shape index (κ3) is 3.41. The first-order valence-corrected chi connectivity index (χ1v) is 7.05. The molecule has 0 aliphatic heterocycles. The van der Waals surface area contributed by atoms with E-state index in [1.54, 1.807) is 0 Å². The molecule has 1 aromatic heterocycles. The van der Waals surface area contributed by atoms with Gasteiger partial charge in [-0.05, 0) is 12.0 Å². The van der Waals surface area contributed by atoms with Gasteiger partial charge in [-0.2, -0.15) is 5.26 Å². The molecular weight excluding hydrogens is 290 g/mol. The maximum absolute atomic E-state index is 12.3. The van der Waals surface area contributed by atoms with Crippen LogP contribution in [0, 0.1) is 11.3 Å². The van der Waals surface area contributed by atoms with E-state index in [9.17, 15) is 9.59 Å². The highest BCUT2D eigenvalue weighted by Gasteiger charge is 2.11. The molecule has 0 bridgehead atoms. The van der Waals surface area contributed by atoms with Gasteiger partial charge in [0.15, 0.2) is 0 Å². The van der Waals surface area contributed by atoms with Crippen LogP contribution in [0.4, 0.5) is 0 Å². The Morgan fingerprint density at radius 3 is 2.52 bits per heavy atom. The van der Waals surface area contributed by atoms with Crippen LogP contribution < -0.4 is 11.2 Å². The quantitative estimate of drug-likeness (QED) is 0.787. The standard InChI is InChI=1S/C15H14ClN3O2/c16-7-4-8-19-14(20)13(9-17)11-18(15(19)21)10-12-5-2-1-3-6-12/h1-3,5-6,11H,4,7-8,10H2. The Hall–Kier alpha value is -2.32. The van der Waals surface area contributed by atoms with Gasteiger partial charge in [-0.25, -0.2) is 4.79 Å². The first-order valence-electron chi connectivity index (χ1n) is 6.51. The maximum Gasteiger partial charge on any atom is 0.331 e. The predicted molar refractivity (Wildman–Crippen MR) is 80.6 cm³/mol. The van der Waals surface area contributed by atoms with Gasteiger partial charge in [-0.15, -0.1) is 11.6 Å². The Balaban J connectivity index is 2.49. The van der Waals surface area contributed by atoms with Gasteiger partial charge >= 0.3 is 5.69 Å². The highest BCUT2D eigenvalue weighted by molar-refractivity contribution is 6.17. The SMILES string of the molecule is N#Cc1cn(Cc2ccccc2)c(=O)n(CCCCl)c1=O. The number of halogens is 1. The molecule has 0 atom stereocenters. The molecular formula is C15H14ClN3O2. The monoisotopic (exact) mass is 303 g/mol. The van der Waals surface area contributed by atoms with Gasteiger partial charge in [0.1, 0.15) is 11.6 Å².